The summed E-state index contributed by atoms with van der Waals surface area (Å²) in [5, 5.41) is 17.3. The number of carboxylic acid groups (broad SMARTS) is 1. The van der Waals surface area contributed by atoms with Crippen molar-refractivity contribution in [2.45, 2.75) is 32.4 Å². The number of halogens is 1. The van der Waals surface area contributed by atoms with E-state index in [0.29, 0.717) is 12.3 Å². The Kier molecular flexibility index (Phi) is 6.28. The van der Waals surface area contributed by atoms with Crippen molar-refractivity contribution in [3.05, 3.63) is 64.9 Å². The molecule has 7 heteroatoms. The molecule has 0 spiro atoms. The average Bonchev–Trinajstić information content (AvgIpc) is 3.27. The summed E-state index contributed by atoms with van der Waals surface area (Å²) >= 11 is 0. The van der Waals surface area contributed by atoms with Gasteiger partial charge < -0.3 is 9.84 Å². The number of carboxylic acids is 1. The lowest BCUT2D eigenvalue weighted by molar-refractivity contribution is -0.131. The zero-order valence-electron chi connectivity index (χ0n) is 18.5. The number of hydrogen-bond donors (Lipinski definition) is 2. The van der Waals surface area contributed by atoms with Gasteiger partial charge in [-0.25, -0.2) is 4.79 Å². The van der Waals surface area contributed by atoms with E-state index in [9.17, 15) is 9.18 Å². The standard InChI is InChI=1S/C25H28FN3O3/c1-15(12-26)14-29-16(2)10-20-18(7-8-22-21(20)13-27-28-22)25(29)19-6-4-17(5-9-24(30)31)11-23(19)32-3/h4-9,11,13,15-16,25H,10,12,14H2,1-3H3,(H,27,28)(H,30,31)/b9-5+/t15?,16-,25?/m1/s1. The molecule has 3 atom stereocenters. The molecule has 168 valence electrons. The second kappa shape index (κ2) is 9.12. The third-order valence-electron chi connectivity index (χ3n) is 6.22. The number of rotatable bonds is 7. The molecule has 2 heterocycles. The molecule has 1 aliphatic heterocycles. The van der Waals surface area contributed by atoms with E-state index in [0.717, 1.165) is 40.1 Å². The van der Waals surface area contributed by atoms with Gasteiger partial charge in [0.2, 0.25) is 0 Å². The summed E-state index contributed by atoms with van der Waals surface area (Å²) < 4.78 is 19.2. The molecule has 2 aromatic carbocycles. The molecule has 0 bridgehead atoms. The molecule has 2 N–H and O–H groups in total. The van der Waals surface area contributed by atoms with Crippen LogP contribution in [0.4, 0.5) is 4.39 Å². The van der Waals surface area contributed by atoms with Crippen LogP contribution in [0.5, 0.6) is 5.75 Å². The highest BCUT2D eigenvalue weighted by atomic mass is 19.1. The maximum absolute atomic E-state index is 13.5. The topological polar surface area (TPSA) is 78.5 Å². The fourth-order valence-electron chi connectivity index (χ4n) is 4.69. The van der Waals surface area contributed by atoms with Gasteiger partial charge in [0.15, 0.2) is 0 Å². The number of H-pyrrole nitrogens is 1. The Hall–Kier alpha value is -3.19. The maximum Gasteiger partial charge on any atom is 0.328 e. The number of nitrogens with one attached hydrogen (secondary N) is 1. The first-order valence-corrected chi connectivity index (χ1v) is 10.8. The lowest BCUT2D eigenvalue weighted by Crippen LogP contribution is -2.45. The van der Waals surface area contributed by atoms with Crippen LogP contribution in [0.2, 0.25) is 0 Å². The van der Waals surface area contributed by atoms with Crippen molar-refractivity contribution in [2.24, 2.45) is 5.92 Å². The van der Waals surface area contributed by atoms with Crippen LogP contribution in [0.3, 0.4) is 0 Å². The summed E-state index contributed by atoms with van der Waals surface area (Å²) in [6.45, 7) is 4.35. The van der Waals surface area contributed by atoms with Crippen LogP contribution < -0.4 is 4.74 Å². The van der Waals surface area contributed by atoms with Crippen molar-refractivity contribution in [3.8, 4) is 5.75 Å². The lowest BCUT2D eigenvalue weighted by atomic mass is 9.82. The van der Waals surface area contributed by atoms with E-state index in [4.69, 9.17) is 9.84 Å². The highest BCUT2D eigenvalue weighted by Crippen LogP contribution is 2.43. The van der Waals surface area contributed by atoms with Crippen molar-refractivity contribution >= 4 is 22.9 Å². The summed E-state index contributed by atoms with van der Waals surface area (Å²) in [5.74, 6) is -0.422. The second-order valence-corrected chi connectivity index (χ2v) is 8.55. The molecule has 0 saturated carbocycles. The number of nitrogens with zero attached hydrogens (tertiary/aromatic N) is 2. The largest absolute Gasteiger partial charge is 0.496 e. The Balaban J connectivity index is 1.87. The van der Waals surface area contributed by atoms with Gasteiger partial charge in [0.1, 0.15) is 5.75 Å². The quantitative estimate of drug-likeness (QED) is 0.528. The molecule has 1 aliphatic rings. The Labute approximate surface area is 186 Å². The molecule has 6 nitrogen and oxygen atoms in total. The molecule has 0 aliphatic carbocycles. The number of fused-ring (bicyclic) bond motifs is 3. The van der Waals surface area contributed by atoms with Gasteiger partial charge in [-0.05, 0) is 54.2 Å². The minimum atomic E-state index is -1.00. The van der Waals surface area contributed by atoms with Gasteiger partial charge >= 0.3 is 5.97 Å². The van der Waals surface area contributed by atoms with E-state index in [-0.39, 0.29) is 24.7 Å². The number of aliphatic carboxylic acids is 1. The van der Waals surface area contributed by atoms with Gasteiger partial charge in [0, 0.05) is 29.6 Å². The van der Waals surface area contributed by atoms with Crippen LogP contribution in [0, 0.1) is 5.92 Å². The summed E-state index contributed by atoms with van der Waals surface area (Å²) in [5.41, 5.74) is 5.12. The molecule has 0 saturated heterocycles. The second-order valence-electron chi connectivity index (χ2n) is 8.55. The number of hydrogen-bond acceptors (Lipinski definition) is 4. The smallest absolute Gasteiger partial charge is 0.328 e. The Bertz CT molecular complexity index is 1160. The van der Waals surface area contributed by atoms with Crippen LogP contribution in [0.15, 0.2) is 42.6 Å². The number of methoxy groups -OCH3 is 1. The Morgan fingerprint density at radius 3 is 2.88 bits per heavy atom. The van der Waals surface area contributed by atoms with Gasteiger partial charge in [-0.15, -0.1) is 0 Å². The maximum atomic E-state index is 13.5. The predicted octanol–water partition coefficient (Wildman–Crippen LogP) is 4.61. The number of ether oxygens (including phenoxy) is 1. The van der Waals surface area contributed by atoms with E-state index in [1.807, 2.05) is 37.4 Å². The van der Waals surface area contributed by atoms with Crippen molar-refractivity contribution in [1.29, 1.82) is 0 Å². The van der Waals surface area contributed by atoms with Gasteiger partial charge in [-0.3, -0.25) is 14.4 Å². The SMILES string of the molecule is COc1cc(/C=C/C(=O)O)ccc1C1c2ccc3[nH]ncc3c2C[C@@H](C)N1CC(C)CF. The van der Waals surface area contributed by atoms with Gasteiger partial charge in [-0.2, -0.15) is 5.10 Å². The average molecular weight is 438 g/mol. The van der Waals surface area contributed by atoms with Crippen molar-refractivity contribution in [3.63, 3.8) is 0 Å². The number of carbonyl (C=O) groups is 1. The number of benzene rings is 2. The fourth-order valence-corrected chi connectivity index (χ4v) is 4.69. The summed E-state index contributed by atoms with van der Waals surface area (Å²) in [6.07, 6.45) is 5.37. The monoisotopic (exact) mass is 437 g/mol. The predicted molar refractivity (Wildman–Crippen MR) is 123 cm³/mol. The number of aromatic amines is 1. The minimum absolute atomic E-state index is 0.0945. The van der Waals surface area contributed by atoms with E-state index in [2.05, 4.69) is 28.1 Å². The van der Waals surface area contributed by atoms with E-state index >= 15 is 0 Å². The zero-order chi connectivity index (χ0) is 22.8. The van der Waals surface area contributed by atoms with Crippen LogP contribution >= 0.6 is 0 Å². The molecule has 0 amide bonds. The third-order valence-corrected chi connectivity index (χ3v) is 6.22. The molecule has 0 radical (unpaired) electrons. The van der Waals surface area contributed by atoms with Crippen LogP contribution in [-0.4, -0.2) is 52.5 Å². The van der Waals surface area contributed by atoms with Crippen molar-refractivity contribution < 1.29 is 19.0 Å². The van der Waals surface area contributed by atoms with Crippen LogP contribution in [0.25, 0.3) is 17.0 Å². The Morgan fingerprint density at radius 2 is 2.16 bits per heavy atom. The van der Waals surface area contributed by atoms with E-state index < -0.39 is 5.97 Å². The van der Waals surface area contributed by atoms with Crippen LogP contribution in [-0.2, 0) is 11.2 Å². The van der Waals surface area contributed by atoms with Gasteiger partial charge in [-0.1, -0.05) is 25.1 Å². The molecule has 0 fully saturated rings. The van der Waals surface area contributed by atoms with Crippen LogP contribution in [0.1, 0.15) is 42.1 Å². The molecule has 3 aromatic rings. The van der Waals surface area contributed by atoms with Crippen molar-refractivity contribution in [2.75, 3.05) is 20.3 Å². The van der Waals surface area contributed by atoms with E-state index in [1.54, 1.807) is 13.2 Å². The molecule has 4 rings (SSSR count). The van der Waals surface area contributed by atoms with Gasteiger partial charge in [0.25, 0.3) is 0 Å². The summed E-state index contributed by atoms with van der Waals surface area (Å²) in [6, 6.07) is 9.96. The summed E-state index contributed by atoms with van der Waals surface area (Å²) in [4.78, 5) is 13.3. The molecular weight excluding hydrogens is 409 g/mol. The highest BCUT2D eigenvalue weighted by molar-refractivity contribution is 5.85. The zero-order valence-corrected chi connectivity index (χ0v) is 18.5. The van der Waals surface area contributed by atoms with Crippen molar-refractivity contribution in [1.82, 2.24) is 15.1 Å². The first-order valence-electron chi connectivity index (χ1n) is 10.8. The fraction of sp³-hybridized carbons (Fsp3) is 0.360. The minimum Gasteiger partial charge on any atom is -0.496 e. The number of alkyl halides is 1. The first kappa shape index (κ1) is 22.0. The molecule has 1 aromatic heterocycles. The third kappa shape index (κ3) is 4.12. The lowest BCUT2D eigenvalue weighted by Gasteiger charge is -2.43. The molecule has 2 unspecified atom stereocenters. The first-order chi connectivity index (χ1) is 15.4. The number of aromatic nitrogens is 2. The molecule has 32 heavy (non-hydrogen) atoms. The summed E-state index contributed by atoms with van der Waals surface area (Å²) in [7, 11) is 1.62. The van der Waals surface area contributed by atoms with E-state index in [1.165, 1.54) is 5.56 Å². The normalized spacial score (nSPS) is 19.9. The van der Waals surface area contributed by atoms with Gasteiger partial charge in [0.05, 0.1) is 31.5 Å². The highest BCUT2D eigenvalue weighted by Gasteiger charge is 2.36. The Morgan fingerprint density at radius 1 is 1.38 bits per heavy atom. The molecular formula is C25H28FN3O3.